The van der Waals surface area contributed by atoms with E-state index in [1.54, 1.807) is 6.07 Å². The first-order valence-corrected chi connectivity index (χ1v) is 7.38. The van der Waals surface area contributed by atoms with E-state index in [4.69, 9.17) is 0 Å². The Morgan fingerprint density at radius 1 is 1.30 bits per heavy atom. The Morgan fingerprint density at radius 3 is 2.65 bits per heavy atom. The van der Waals surface area contributed by atoms with E-state index in [0.717, 1.165) is 43.0 Å². The van der Waals surface area contributed by atoms with Crippen LogP contribution in [-0.4, -0.2) is 38.6 Å². The average molecular weight is 274 g/mol. The number of H-pyrrole nitrogens is 1. The third-order valence-electron chi connectivity index (χ3n) is 4.28. The molecule has 1 aliphatic heterocycles. The van der Waals surface area contributed by atoms with Gasteiger partial charge in [0.2, 0.25) is 0 Å². The molecule has 20 heavy (non-hydrogen) atoms. The third-order valence-corrected chi connectivity index (χ3v) is 4.28. The van der Waals surface area contributed by atoms with E-state index >= 15 is 0 Å². The Labute approximate surface area is 118 Å². The molecular formula is C15H22N4O. The summed E-state index contributed by atoms with van der Waals surface area (Å²) in [6.07, 6.45) is 2.17. The zero-order chi connectivity index (χ0) is 14.3. The first kappa shape index (κ1) is 13.4. The molecule has 5 heteroatoms. The first-order valence-electron chi connectivity index (χ1n) is 7.38. The van der Waals surface area contributed by atoms with E-state index in [2.05, 4.69) is 28.8 Å². The van der Waals surface area contributed by atoms with Gasteiger partial charge in [0.05, 0.1) is 5.69 Å². The number of nitrogens with zero attached hydrogens (tertiary/aromatic N) is 3. The van der Waals surface area contributed by atoms with Gasteiger partial charge in [-0.3, -0.25) is 9.89 Å². The predicted octanol–water partition coefficient (Wildman–Crippen LogP) is 1.92. The lowest BCUT2D eigenvalue weighted by atomic mass is 9.92. The van der Waals surface area contributed by atoms with Gasteiger partial charge in [0.1, 0.15) is 0 Å². The number of fused-ring (bicyclic) bond motifs is 1. The van der Waals surface area contributed by atoms with Crippen molar-refractivity contribution in [2.75, 3.05) is 13.1 Å². The topological polar surface area (TPSA) is 53.4 Å². The van der Waals surface area contributed by atoms with E-state index in [1.165, 1.54) is 4.52 Å². The summed E-state index contributed by atoms with van der Waals surface area (Å²) in [6.45, 7) is 8.60. The van der Waals surface area contributed by atoms with E-state index in [0.29, 0.717) is 12.0 Å². The van der Waals surface area contributed by atoms with Crippen molar-refractivity contribution in [3.8, 4) is 0 Å². The van der Waals surface area contributed by atoms with Crippen LogP contribution in [0.2, 0.25) is 0 Å². The van der Waals surface area contributed by atoms with Crippen LogP contribution in [0.5, 0.6) is 0 Å². The molecule has 0 radical (unpaired) electrons. The van der Waals surface area contributed by atoms with Crippen LogP contribution >= 0.6 is 0 Å². The molecule has 3 heterocycles. The number of aryl methyl sites for hydroxylation is 1. The third kappa shape index (κ3) is 2.38. The van der Waals surface area contributed by atoms with Crippen LogP contribution in [0.3, 0.4) is 0 Å². The molecule has 0 bridgehead atoms. The molecule has 0 spiro atoms. The molecule has 1 aliphatic rings. The largest absolute Gasteiger partial charge is 0.301 e. The fourth-order valence-electron chi connectivity index (χ4n) is 3.05. The summed E-state index contributed by atoms with van der Waals surface area (Å²) in [5.41, 5.74) is 2.64. The number of rotatable bonds is 2. The number of nitrogens with one attached hydrogen (secondary N) is 1. The molecule has 1 fully saturated rings. The molecule has 1 saturated heterocycles. The molecule has 2 aromatic rings. The standard InChI is InChI=1S/C15H22N4O/c1-10(2)18-6-4-12(5-7-18)13-9-15(20)19-14(16-13)8-11(3)17-19/h8-10,12,17H,4-7H2,1-3H3. The molecule has 2 aromatic heterocycles. The van der Waals surface area contributed by atoms with Gasteiger partial charge in [-0.05, 0) is 46.7 Å². The van der Waals surface area contributed by atoms with Gasteiger partial charge in [0.25, 0.3) is 5.56 Å². The maximum absolute atomic E-state index is 12.1. The fraction of sp³-hybridized carbons (Fsp3) is 0.600. The molecule has 5 nitrogen and oxygen atoms in total. The number of aromatic amines is 1. The number of hydrogen-bond donors (Lipinski definition) is 1. The predicted molar refractivity (Wildman–Crippen MR) is 79.2 cm³/mol. The molecule has 0 saturated carbocycles. The molecule has 0 aliphatic carbocycles. The Bertz CT molecular complexity index is 662. The second kappa shape index (κ2) is 5.05. The van der Waals surface area contributed by atoms with Crippen molar-refractivity contribution in [3.63, 3.8) is 0 Å². The van der Waals surface area contributed by atoms with Crippen molar-refractivity contribution in [1.82, 2.24) is 19.5 Å². The highest BCUT2D eigenvalue weighted by atomic mass is 16.1. The van der Waals surface area contributed by atoms with Crippen LogP contribution < -0.4 is 5.56 Å². The highest BCUT2D eigenvalue weighted by Crippen LogP contribution is 2.27. The summed E-state index contributed by atoms with van der Waals surface area (Å²) in [4.78, 5) is 19.3. The van der Waals surface area contributed by atoms with Crippen molar-refractivity contribution < 1.29 is 0 Å². The monoisotopic (exact) mass is 274 g/mol. The Morgan fingerprint density at radius 2 is 2.00 bits per heavy atom. The Kier molecular flexibility index (Phi) is 3.38. The molecule has 0 amide bonds. The van der Waals surface area contributed by atoms with Crippen LogP contribution in [0.1, 0.15) is 44.0 Å². The van der Waals surface area contributed by atoms with Crippen LogP contribution in [0.4, 0.5) is 0 Å². The van der Waals surface area contributed by atoms with Crippen molar-refractivity contribution in [2.45, 2.75) is 45.6 Å². The summed E-state index contributed by atoms with van der Waals surface area (Å²) in [5, 5.41) is 3.01. The van der Waals surface area contributed by atoms with Gasteiger partial charge in [-0.2, -0.15) is 0 Å². The minimum Gasteiger partial charge on any atom is -0.301 e. The quantitative estimate of drug-likeness (QED) is 0.910. The molecule has 3 rings (SSSR count). The van der Waals surface area contributed by atoms with Gasteiger partial charge in [-0.15, -0.1) is 0 Å². The summed E-state index contributed by atoms with van der Waals surface area (Å²) in [7, 11) is 0. The first-order chi connectivity index (χ1) is 9.54. The Hall–Kier alpha value is -1.62. The lowest BCUT2D eigenvalue weighted by molar-refractivity contribution is 0.171. The number of hydrogen-bond acceptors (Lipinski definition) is 3. The zero-order valence-electron chi connectivity index (χ0n) is 12.4. The molecule has 0 atom stereocenters. The number of likely N-dealkylation sites (tertiary alicyclic amines) is 1. The average Bonchev–Trinajstić information content (AvgIpc) is 2.80. The lowest BCUT2D eigenvalue weighted by Gasteiger charge is -2.34. The lowest BCUT2D eigenvalue weighted by Crippen LogP contribution is -2.38. The van der Waals surface area contributed by atoms with Crippen LogP contribution in [0.25, 0.3) is 5.65 Å². The maximum atomic E-state index is 12.1. The maximum Gasteiger partial charge on any atom is 0.272 e. The van der Waals surface area contributed by atoms with Crippen LogP contribution in [0.15, 0.2) is 16.9 Å². The van der Waals surface area contributed by atoms with E-state index in [9.17, 15) is 4.79 Å². The molecule has 1 N–H and O–H groups in total. The SMILES string of the molecule is Cc1cc2nc(C3CCN(C(C)C)CC3)cc(=O)n2[nH]1. The highest BCUT2D eigenvalue weighted by Gasteiger charge is 2.23. The van der Waals surface area contributed by atoms with Crippen molar-refractivity contribution >= 4 is 5.65 Å². The van der Waals surface area contributed by atoms with Gasteiger partial charge < -0.3 is 4.90 Å². The van der Waals surface area contributed by atoms with Gasteiger partial charge in [0.15, 0.2) is 5.65 Å². The van der Waals surface area contributed by atoms with Gasteiger partial charge >= 0.3 is 0 Å². The number of piperidine rings is 1. The Balaban J connectivity index is 1.86. The summed E-state index contributed by atoms with van der Waals surface area (Å²) < 4.78 is 1.52. The van der Waals surface area contributed by atoms with Gasteiger partial charge in [0, 0.05) is 29.8 Å². The van der Waals surface area contributed by atoms with Crippen molar-refractivity contribution in [3.05, 3.63) is 33.9 Å². The second-order valence-electron chi connectivity index (χ2n) is 6.06. The molecule has 108 valence electrons. The smallest absolute Gasteiger partial charge is 0.272 e. The van der Waals surface area contributed by atoms with Crippen molar-refractivity contribution in [2.24, 2.45) is 0 Å². The minimum atomic E-state index is -0.00982. The van der Waals surface area contributed by atoms with Gasteiger partial charge in [-0.1, -0.05) is 0 Å². The second-order valence-corrected chi connectivity index (χ2v) is 6.06. The number of aromatic nitrogens is 3. The van der Waals surface area contributed by atoms with E-state index < -0.39 is 0 Å². The molecule has 0 unspecified atom stereocenters. The zero-order valence-corrected chi connectivity index (χ0v) is 12.4. The van der Waals surface area contributed by atoms with Gasteiger partial charge in [-0.25, -0.2) is 9.50 Å². The van der Waals surface area contributed by atoms with Crippen LogP contribution in [-0.2, 0) is 0 Å². The summed E-state index contributed by atoms with van der Waals surface area (Å²) in [6, 6.07) is 4.22. The van der Waals surface area contributed by atoms with Crippen molar-refractivity contribution in [1.29, 1.82) is 0 Å². The highest BCUT2D eigenvalue weighted by molar-refractivity contribution is 5.39. The van der Waals surface area contributed by atoms with Crippen LogP contribution in [0, 0.1) is 6.92 Å². The minimum absolute atomic E-state index is 0.00982. The van der Waals surface area contributed by atoms with E-state index in [-0.39, 0.29) is 5.56 Å². The molecular weight excluding hydrogens is 252 g/mol. The fourth-order valence-corrected chi connectivity index (χ4v) is 3.05. The summed E-state index contributed by atoms with van der Waals surface area (Å²) >= 11 is 0. The molecule has 0 aromatic carbocycles. The summed E-state index contributed by atoms with van der Waals surface area (Å²) in [5.74, 6) is 0.415. The van der Waals surface area contributed by atoms with E-state index in [1.807, 2.05) is 13.0 Å². The normalized spacial score (nSPS) is 18.2.